The van der Waals surface area contributed by atoms with Crippen LogP contribution >= 0.6 is 0 Å². The summed E-state index contributed by atoms with van der Waals surface area (Å²) in [5.41, 5.74) is 0. The first-order chi connectivity index (χ1) is 6.68. The molecule has 0 bridgehead atoms. The maximum Gasteiger partial charge on any atom is 0.0507 e. The molecule has 0 aromatic carbocycles. The van der Waals surface area contributed by atoms with Crippen molar-refractivity contribution < 1.29 is 8.95 Å². The third kappa shape index (κ3) is 5.08. The Balaban J connectivity index is 2.02. The van der Waals surface area contributed by atoms with Crippen molar-refractivity contribution >= 4 is 10.8 Å². The molecule has 0 aromatic rings. The first-order valence-corrected chi connectivity index (χ1v) is 7.02. The van der Waals surface area contributed by atoms with Crippen LogP contribution in [0.5, 0.6) is 0 Å². The molecule has 0 amide bonds. The molecule has 0 aliphatic carbocycles. The second-order valence-electron chi connectivity index (χ2n) is 4.10. The highest BCUT2D eigenvalue weighted by Gasteiger charge is 2.15. The number of nitrogens with one attached hydrogen (secondary N) is 1. The SMILES string of the molecule is CC(CCS(C)=O)NCC1CCOC1. The van der Waals surface area contributed by atoms with Crippen LogP contribution in [0.4, 0.5) is 0 Å². The lowest BCUT2D eigenvalue weighted by atomic mass is 10.1. The highest BCUT2D eigenvalue weighted by molar-refractivity contribution is 7.84. The van der Waals surface area contributed by atoms with Gasteiger partial charge >= 0.3 is 0 Å². The fraction of sp³-hybridized carbons (Fsp3) is 1.00. The van der Waals surface area contributed by atoms with Gasteiger partial charge in [-0.15, -0.1) is 0 Å². The Labute approximate surface area is 89.1 Å². The summed E-state index contributed by atoms with van der Waals surface area (Å²) in [4.78, 5) is 0. The summed E-state index contributed by atoms with van der Waals surface area (Å²) >= 11 is 0. The van der Waals surface area contributed by atoms with Crippen molar-refractivity contribution in [2.45, 2.75) is 25.8 Å². The Morgan fingerprint density at radius 2 is 2.43 bits per heavy atom. The van der Waals surface area contributed by atoms with Gasteiger partial charge < -0.3 is 10.1 Å². The number of rotatable bonds is 6. The molecule has 1 rings (SSSR count). The van der Waals surface area contributed by atoms with E-state index in [1.807, 2.05) is 0 Å². The summed E-state index contributed by atoms with van der Waals surface area (Å²) in [5.74, 6) is 1.49. The van der Waals surface area contributed by atoms with E-state index in [-0.39, 0.29) is 0 Å². The first kappa shape index (κ1) is 12.1. The molecule has 14 heavy (non-hydrogen) atoms. The molecule has 0 radical (unpaired) electrons. The molecule has 0 saturated carbocycles. The molecular weight excluding hydrogens is 198 g/mol. The molecule has 3 unspecified atom stereocenters. The highest BCUT2D eigenvalue weighted by atomic mass is 32.2. The molecule has 4 heteroatoms. The Kier molecular flexibility index (Phi) is 5.67. The summed E-state index contributed by atoms with van der Waals surface area (Å²) in [5, 5.41) is 3.47. The van der Waals surface area contributed by atoms with Gasteiger partial charge in [0, 0.05) is 42.0 Å². The summed E-state index contributed by atoms with van der Waals surface area (Å²) in [6.07, 6.45) is 3.94. The Morgan fingerprint density at radius 3 is 3.00 bits per heavy atom. The van der Waals surface area contributed by atoms with Gasteiger partial charge in [-0.2, -0.15) is 0 Å². The van der Waals surface area contributed by atoms with Gasteiger partial charge in [0.2, 0.25) is 0 Å². The van der Waals surface area contributed by atoms with Crippen LogP contribution in [0.1, 0.15) is 19.8 Å². The molecule has 1 fully saturated rings. The molecule has 84 valence electrons. The van der Waals surface area contributed by atoms with Crippen molar-refractivity contribution in [2.24, 2.45) is 5.92 Å². The normalized spacial score (nSPS) is 26.3. The van der Waals surface area contributed by atoms with Crippen LogP contribution in [0.15, 0.2) is 0 Å². The van der Waals surface area contributed by atoms with E-state index in [2.05, 4.69) is 12.2 Å². The van der Waals surface area contributed by atoms with Crippen LogP contribution < -0.4 is 5.32 Å². The van der Waals surface area contributed by atoms with E-state index in [1.54, 1.807) is 6.26 Å². The average Bonchev–Trinajstić information content (AvgIpc) is 2.63. The summed E-state index contributed by atoms with van der Waals surface area (Å²) < 4.78 is 16.2. The number of hydrogen-bond acceptors (Lipinski definition) is 3. The van der Waals surface area contributed by atoms with Gasteiger partial charge in [0.25, 0.3) is 0 Å². The van der Waals surface area contributed by atoms with Gasteiger partial charge in [-0.1, -0.05) is 0 Å². The van der Waals surface area contributed by atoms with Crippen molar-refractivity contribution in [1.29, 1.82) is 0 Å². The summed E-state index contributed by atoms with van der Waals surface area (Å²) in [6, 6.07) is 0.472. The van der Waals surface area contributed by atoms with Crippen LogP contribution in [0.2, 0.25) is 0 Å². The maximum atomic E-state index is 10.9. The largest absolute Gasteiger partial charge is 0.381 e. The predicted octanol–water partition coefficient (Wildman–Crippen LogP) is 0.770. The van der Waals surface area contributed by atoms with E-state index in [4.69, 9.17) is 4.74 Å². The molecule has 3 atom stereocenters. The van der Waals surface area contributed by atoms with E-state index in [9.17, 15) is 4.21 Å². The van der Waals surface area contributed by atoms with E-state index in [0.29, 0.717) is 12.0 Å². The third-order valence-corrected chi connectivity index (χ3v) is 3.43. The van der Waals surface area contributed by atoms with Crippen molar-refractivity contribution in [3.05, 3.63) is 0 Å². The molecule has 1 N–H and O–H groups in total. The minimum atomic E-state index is -0.656. The van der Waals surface area contributed by atoms with Gasteiger partial charge in [0.05, 0.1) is 6.61 Å². The van der Waals surface area contributed by atoms with E-state index in [0.717, 1.165) is 31.9 Å². The zero-order valence-electron chi connectivity index (χ0n) is 9.12. The molecule has 1 saturated heterocycles. The van der Waals surface area contributed by atoms with Crippen molar-refractivity contribution in [2.75, 3.05) is 31.8 Å². The van der Waals surface area contributed by atoms with Crippen LogP contribution in [0.25, 0.3) is 0 Å². The lowest BCUT2D eigenvalue weighted by Crippen LogP contribution is -2.32. The zero-order valence-corrected chi connectivity index (χ0v) is 9.94. The minimum absolute atomic E-state index is 0.472. The molecule has 1 aliphatic rings. The summed E-state index contributed by atoms with van der Waals surface area (Å²) in [6.45, 7) is 5.01. The molecular formula is C10H21NO2S. The van der Waals surface area contributed by atoms with Gasteiger partial charge in [-0.3, -0.25) is 4.21 Å². The van der Waals surface area contributed by atoms with E-state index in [1.165, 1.54) is 6.42 Å². The monoisotopic (exact) mass is 219 g/mol. The highest BCUT2D eigenvalue weighted by Crippen LogP contribution is 2.11. The van der Waals surface area contributed by atoms with E-state index >= 15 is 0 Å². The maximum absolute atomic E-state index is 10.9. The lowest BCUT2D eigenvalue weighted by molar-refractivity contribution is 0.184. The Bertz CT molecular complexity index is 181. The summed E-state index contributed by atoms with van der Waals surface area (Å²) in [7, 11) is -0.656. The van der Waals surface area contributed by atoms with Gasteiger partial charge in [0.1, 0.15) is 0 Å². The second kappa shape index (κ2) is 6.53. The van der Waals surface area contributed by atoms with Crippen molar-refractivity contribution in [3.63, 3.8) is 0 Å². The number of hydrogen-bond donors (Lipinski definition) is 1. The quantitative estimate of drug-likeness (QED) is 0.717. The smallest absolute Gasteiger partial charge is 0.0507 e. The van der Waals surface area contributed by atoms with Crippen LogP contribution in [0.3, 0.4) is 0 Å². The van der Waals surface area contributed by atoms with Gasteiger partial charge in [-0.25, -0.2) is 0 Å². The molecule has 1 heterocycles. The lowest BCUT2D eigenvalue weighted by Gasteiger charge is -2.15. The Morgan fingerprint density at radius 1 is 1.64 bits per heavy atom. The molecule has 1 aliphatic heterocycles. The van der Waals surface area contributed by atoms with Crippen LogP contribution in [-0.2, 0) is 15.5 Å². The Hall–Kier alpha value is 0.0700. The fourth-order valence-electron chi connectivity index (χ4n) is 1.56. The average molecular weight is 219 g/mol. The zero-order chi connectivity index (χ0) is 10.4. The topological polar surface area (TPSA) is 38.3 Å². The standard InChI is InChI=1S/C10H21NO2S/c1-9(4-6-14(2)12)11-7-10-3-5-13-8-10/h9-11H,3-8H2,1-2H3. The van der Waals surface area contributed by atoms with Crippen molar-refractivity contribution in [3.8, 4) is 0 Å². The molecule has 0 spiro atoms. The fourth-order valence-corrected chi connectivity index (χ4v) is 2.24. The number of ether oxygens (including phenoxy) is 1. The molecule has 0 aromatic heterocycles. The first-order valence-electron chi connectivity index (χ1n) is 5.29. The second-order valence-corrected chi connectivity index (χ2v) is 5.66. The van der Waals surface area contributed by atoms with Gasteiger partial charge in [0.15, 0.2) is 0 Å². The minimum Gasteiger partial charge on any atom is -0.381 e. The van der Waals surface area contributed by atoms with Gasteiger partial charge in [-0.05, 0) is 25.7 Å². The molecule has 3 nitrogen and oxygen atoms in total. The predicted molar refractivity (Wildman–Crippen MR) is 59.9 cm³/mol. The van der Waals surface area contributed by atoms with Crippen LogP contribution in [0, 0.1) is 5.92 Å². The van der Waals surface area contributed by atoms with Crippen LogP contribution in [-0.4, -0.2) is 42.0 Å². The van der Waals surface area contributed by atoms with E-state index < -0.39 is 10.8 Å². The third-order valence-electron chi connectivity index (χ3n) is 2.62. The van der Waals surface area contributed by atoms with Crippen molar-refractivity contribution in [1.82, 2.24) is 5.32 Å².